The highest BCUT2D eigenvalue weighted by Gasteiger charge is 2.20. The third-order valence-electron chi connectivity index (χ3n) is 1.49. The van der Waals surface area contributed by atoms with Gasteiger partial charge in [-0.15, -0.1) is 0 Å². The monoisotopic (exact) mass is 225 g/mol. The fourth-order valence-electron chi connectivity index (χ4n) is 0.511. The van der Waals surface area contributed by atoms with E-state index in [1.807, 2.05) is 0 Å². The van der Waals surface area contributed by atoms with Gasteiger partial charge in [0.2, 0.25) is 5.91 Å². The van der Waals surface area contributed by atoms with Gasteiger partial charge in [-0.25, -0.2) is 0 Å². The van der Waals surface area contributed by atoms with Crippen LogP contribution in [-0.4, -0.2) is 38.3 Å². The van der Waals surface area contributed by atoms with Crippen LogP contribution in [0.15, 0.2) is 0 Å². The molecule has 0 aliphatic rings. The molecule has 0 unspecified atom stereocenters. The molecular weight excluding hydrogens is 210 g/mol. The van der Waals surface area contributed by atoms with Crippen LogP contribution in [0.2, 0.25) is 0 Å². The first-order valence-electron chi connectivity index (χ1n) is 3.92. The lowest BCUT2D eigenvalue weighted by atomic mass is 10.4. The number of nitrogens with one attached hydrogen (secondary N) is 1. The van der Waals surface area contributed by atoms with Crippen molar-refractivity contribution in [3.63, 3.8) is 0 Å². The smallest absolute Gasteiger partial charge is 0.301 e. The minimum Gasteiger partial charge on any atom is -0.368 e. The topological polar surface area (TPSA) is 102 Å². The molecule has 0 radical (unpaired) electrons. The van der Waals surface area contributed by atoms with Crippen molar-refractivity contribution in [3.8, 4) is 0 Å². The molecule has 1 amide bonds. The van der Waals surface area contributed by atoms with Gasteiger partial charge in [-0.3, -0.25) is 9.63 Å². The van der Waals surface area contributed by atoms with Crippen LogP contribution in [0.3, 0.4) is 0 Å². The third kappa shape index (κ3) is 4.51. The fourth-order valence-corrected chi connectivity index (χ4v) is 1.39. The lowest BCUT2D eigenvalue weighted by Gasteiger charge is -2.20. The number of hydrogen-bond acceptors (Lipinski definition) is 4. The summed E-state index contributed by atoms with van der Waals surface area (Å²) < 4.78 is 23.6. The maximum Gasteiger partial charge on any atom is 0.301 e. The van der Waals surface area contributed by atoms with Gasteiger partial charge in [-0.2, -0.15) is 12.7 Å². The normalized spacial score (nSPS) is 12.4. The number of rotatable bonds is 6. The maximum atomic E-state index is 11.3. The zero-order chi connectivity index (χ0) is 11.4. The molecule has 7 nitrogen and oxygen atoms in total. The first-order valence-corrected chi connectivity index (χ1v) is 5.36. The van der Waals surface area contributed by atoms with Crippen LogP contribution in [0.25, 0.3) is 0 Å². The van der Waals surface area contributed by atoms with Gasteiger partial charge in [0.1, 0.15) is 6.61 Å². The minimum atomic E-state index is -3.70. The van der Waals surface area contributed by atoms with E-state index in [1.54, 1.807) is 18.7 Å². The highest BCUT2D eigenvalue weighted by molar-refractivity contribution is 7.87. The van der Waals surface area contributed by atoms with Gasteiger partial charge in [-0.05, 0) is 13.8 Å². The molecule has 0 atom stereocenters. The van der Waals surface area contributed by atoms with E-state index in [9.17, 15) is 13.2 Å². The summed E-state index contributed by atoms with van der Waals surface area (Å²) in [5, 5.41) is 0. The van der Waals surface area contributed by atoms with E-state index in [1.165, 1.54) is 7.05 Å². The Morgan fingerprint density at radius 1 is 1.57 bits per heavy atom. The van der Waals surface area contributed by atoms with E-state index in [0.29, 0.717) is 0 Å². The van der Waals surface area contributed by atoms with Crippen molar-refractivity contribution in [1.82, 2.24) is 9.19 Å². The number of carbonyl (C=O) groups excluding carboxylic acids is 1. The lowest BCUT2D eigenvalue weighted by Crippen LogP contribution is -2.42. The van der Waals surface area contributed by atoms with Gasteiger partial charge in [0, 0.05) is 13.1 Å². The molecule has 0 bridgehead atoms. The van der Waals surface area contributed by atoms with Crippen molar-refractivity contribution >= 4 is 16.1 Å². The van der Waals surface area contributed by atoms with Crippen molar-refractivity contribution in [2.75, 3.05) is 13.7 Å². The quantitative estimate of drug-likeness (QED) is 0.541. The van der Waals surface area contributed by atoms with E-state index >= 15 is 0 Å². The van der Waals surface area contributed by atoms with Crippen molar-refractivity contribution in [3.05, 3.63) is 0 Å². The molecule has 0 spiro atoms. The first kappa shape index (κ1) is 13.3. The molecule has 3 N–H and O–H groups in total. The highest BCUT2D eigenvalue weighted by atomic mass is 32.2. The Hall–Kier alpha value is -0.700. The summed E-state index contributed by atoms with van der Waals surface area (Å²) >= 11 is 0. The number of nitrogens with zero attached hydrogens (tertiary/aromatic N) is 1. The Morgan fingerprint density at radius 3 is 2.43 bits per heavy atom. The van der Waals surface area contributed by atoms with E-state index < -0.39 is 22.7 Å². The molecule has 0 aromatic rings. The van der Waals surface area contributed by atoms with Crippen molar-refractivity contribution in [2.45, 2.75) is 19.9 Å². The molecular formula is C6H15N3O4S. The second kappa shape index (κ2) is 5.25. The average Bonchev–Trinajstić information content (AvgIpc) is 2.01. The summed E-state index contributed by atoms with van der Waals surface area (Å²) in [4.78, 5) is 16.4. The van der Waals surface area contributed by atoms with Crippen LogP contribution in [0.4, 0.5) is 0 Å². The summed E-state index contributed by atoms with van der Waals surface area (Å²) in [6.45, 7) is 2.91. The van der Waals surface area contributed by atoms with Crippen LogP contribution >= 0.6 is 0 Å². The van der Waals surface area contributed by atoms with Crippen LogP contribution in [0, 0.1) is 0 Å². The Labute approximate surface area is 83.3 Å². The van der Waals surface area contributed by atoms with E-state index in [0.717, 1.165) is 4.31 Å². The molecule has 14 heavy (non-hydrogen) atoms. The Morgan fingerprint density at radius 2 is 2.07 bits per heavy atom. The number of amides is 1. The van der Waals surface area contributed by atoms with Crippen molar-refractivity contribution < 1.29 is 18.0 Å². The summed E-state index contributed by atoms with van der Waals surface area (Å²) in [7, 11) is -2.31. The summed E-state index contributed by atoms with van der Waals surface area (Å²) in [5.41, 5.74) is 4.75. The largest absolute Gasteiger partial charge is 0.368 e. The van der Waals surface area contributed by atoms with Crippen molar-refractivity contribution in [1.29, 1.82) is 0 Å². The molecule has 0 fully saturated rings. The van der Waals surface area contributed by atoms with Crippen LogP contribution in [-0.2, 0) is 19.8 Å². The maximum absolute atomic E-state index is 11.3. The molecule has 8 heteroatoms. The predicted octanol–water partition coefficient (Wildman–Crippen LogP) is -1.42. The number of carbonyl (C=O) groups is 1. The Kier molecular flexibility index (Phi) is 4.99. The van der Waals surface area contributed by atoms with E-state index in [4.69, 9.17) is 5.73 Å². The second-order valence-corrected chi connectivity index (χ2v) is 4.65. The van der Waals surface area contributed by atoms with Gasteiger partial charge in [0.05, 0.1) is 0 Å². The molecule has 0 aliphatic carbocycles. The Balaban J connectivity index is 4.15. The average molecular weight is 225 g/mol. The van der Waals surface area contributed by atoms with Gasteiger partial charge in [0.25, 0.3) is 0 Å². The molecule has 0 aromatic heterocycles. The standard InChI is InChI=1S/C6H15N3O4S/c1-5(2)9(3)14(11,12)8-13-4-6(7)10/h5,8H,4H2,1-3H3,(H2,7,10). The van der Waals surface area contributed by atoms with Gasteiger partial charge < -0.3 is 5.73 Å². The van der Waals surface area contributed by atoms with E-state index in [-0.39, 0.29) is 6.04 Å². The van der Waals surface area contributed by atoms with Gasteiger partial charge in [0.15, 0.2) is 0 Å². The predicted molar refractivity (Wildman–Crippen MR) is 50.1 cm³/mol. The first-order chi connectivity index (χ1) is 6.27. The number of nitrogens with two attached hydrogens (primary N) is 1. The zero-order valence-electron chi connectivity index (χ0n) is 8.35. The summed E-state index contributed by atoms with van der Waals surface area (Å²) in [6.07, 6.45) is 0. The molecule has 84 valence electrons. The van der Waals surface area contributed by atoms with E-state index in [2.05, 4.69) is 4.84 Å². The fraction of sp³-hybridized carbons (Fsp3) is 0.833. The minimum absolute atomic E-state index is 0.204. The molecule has 0 heterocycles. The van der Waals surface area contributed by atoms with Gasteiger partial charge in [-0.1, -0.05) is 4.89 Å². The van der Waals surface area contributed by atoms with Crippen LogP contribution < -0.4 is 10.6 Å². The SMILES string of the molecule is CC(C)N(C)S(=O)(=O)NOCC(N)=O. The van der Waals surface area contributed by atoms with Gasteiger partial charge >= 0.3 is 10.2 Å². The molecule has 0 aromatic carbocycles. The van der Waals surface area contributed by atoms with Crippen LogP contribution in [0.1, 0.15) is 13.8 Å². The highest BCUT2D eigenvalue weighted by Crippen LogP contribution is 1.99. The Bertz CT molecular complexity index is 287. The molecule has 0 aliphatic heterocycles. The summed E-state index contributed by atoms with van der Waals surface area (Å²) in [5.74, 6) is -0.750. The molecule has 0 rings (SSSR count). The molecule has 0 saturated heterocycles. The second-order valence-electron chi connectivity index (χ2n) is 2.95. The summed E-state index contributed by atoms with van der Waals surface area (Å²) in [6, 6.07) is -0.204. The number of primary amides is 1. The number of hydrogen-bond donors (Lipinski definition) is 2. The van der Waals surface area contributed by atoms with Crippen LogP contribution in [0.5, 0.6) is 0 Å². The van der Waals surface area contributed by atoms with Crippen molar-refractivity contribution in [2.24, 2.45) is 5.73 Å². The lowest BCUT2D eigenvalue weighted by molar-refractivity contribution is -0.123. The third-order valence-corrected chi connectivity index (χ3v) is 2.99. The zero-order valence-corrected chi connectivity index (χ0v) is 9.17. The molecule has 0 saturated carbocycles.